The minimum Gasteiger partial charge on any atom is -0.469 e. The molecule has 0 aromatic carbocycles. The molecule has 1 fully saturated rings. The van der Waals surface area contributed by atoms with Gasteiger partial charge in [0.2, 0.25) is 0 Å². The number of guanidine groups is 1. The Morgan fingerprint density at radius 1 is 1.30 bits per heavy atom. The molecule has 0 amide bonds. The van der Waals surface area contributed by atoms with E-state index >= 15 is 0 Å². The fourth-order valence-electron chi connectivity index (χ4n) is 2.81. The van der Waals surface area contributed by atoms with Crippen LogP contribution in [0.1, 0.15) is 27.8 Å². The van der Waals surface area contributed by atoms with Crippen LogP contribution in [0.5, 0.6) is 0 Å². The van der Waals surface area contributed by atoms with Gasteiger partial charge in [-0.2, -0.15) is 0 Å². The normalized spacial score (nSPS) is 17.0. The third kappa shape index (κ3) is 7.42. The quantitative estimate of drug-likeness (QED) is 0.328. The lowest BCUT2D eigenvalue weighted by molar-refractivity contribution is 0.187. The second kappa shape index (κ2) is 11.7. The summed E-state index contributed by atoms with van der Waals surface area (Å²) in [7, 11) is 0. The number of thiazole rings is 1. The fourth-order valence-corrected chi connectivity index (χ4v) is 3.75. The lowest BCUT2D eigenvalue weighted by atomic mass is 10.1. The molecule has 2 aromatic heterocycles. The number of aryl methyl sites for hydroxylation is 2. The lowest BCUT2D eigenvalue weighted by Gasteiger charge is -2.13. The second-order valence-corrected chi connectivity index (χ2v) is 7.89. The number of aliphatic imine (C=N–C) groups is 1. The highest BCUT2D eigenvalue weighted by molar-refractivity contribution is 14.0. The van der Waals surface area contributed by atoms with Crippen molar-refractivity contribution >= 4 is 41.3 Å². The van der Waals surface area contributed by atoms with Gasteiger partial charge in [-0.25, -0.2) is 4.98 Å². The van der Waals surface area contributed by atoms with Gasteiger partial charge in [-0.3, -0.25) is 4.99 Å². The summed E-state index contributed by atoms with van der Waals surface area (Å²) in [6.45, 7) is 8.27. The highest BCUT2D eigenvalue weighted by Crippen LogP contribution is 2.16. The molecular weight excluding hydrogens is 475 g/mol. The second-order valence-electron chi connectivity index (χ2n) is 6.60. The average molecular weight is 504 g/mol. The Morgan fingerprint density at radius 2 is 2.11 bits per heavy atom. The predicted molar refractivity (Wildman–Crippen MR) is 120 cm³/mol. The molecule has 1 aliphatic rings. The molecule has 1 atom stereocenters. The molecule has 0 spiro atoms. The van der Waals surface area contributed by atoms with Crippen molar-refractivity contribution in [2.75, 3.05) is 32.8 Å². The molecule has 2 N–H and O–H groups in total. The van der Waals surface area contributed by atoms with E-state index in [9.17, 15) is 0 Å². The zero-order valence-corrected chi connectivity index (χ0v) is 19.1. The molecule has 8 heteroatoms. The SMILES string of the molecule is Cc1nc(CCNC(=NCC2CCOC2)NCCc2ccco2)sc1C.I. The van der Waals surface area contributed by atoms with Crippen LogP contribution in [0.2, 0.25) is 0 Å². The van der Waals surface area contributed by atoms with Gasteiger partial charge < -0.3 is 19.8 Å². The van der Waals surface area contributed by atoms with E-state index in [4.69, 9.17) is 14.1 Å². The summed E-state index contributed by atoms with van der Waals surface area (Å²) < 4.78 is 10.8. The van der Waals surface area contributed by atoms with Gasteiger partial charge in [-0.15, -0.1) is 35.3 Å². The van der Waals surface area contributed by atoms with Crippen molar-refractivity contribution in [1.82, 2.24) is 15.6 Å². The van der Waals surface area contributed by atoms with Crippen molar-refractivity contribution in [2.24, 2.45) is 10.9 Å². The van der Waals surface area contributed by atoms with Crippen LogP contribution in [-0.2, 0) is 17.6 Å². The Bertz CT molecular complexity index is 677. The van der Waals surface area contributed by atoms with Crippen LogP contribution < -0.4 is 10.6 Å². The Kier molecular flexibility index (Phi) is 9.57. The first-order valence-corrected chi connectivity index (χ1v) is 10.1. The van der Waals surface area contributed by atoms with E-state index in [1.54, 1.807) is 17.6 Å². The van der Waals surface area contributed by atoms with Crippen LogP contribution in [0.25, 0.3) is 0 Å². The molecule has 1 aliphatic heterocycles. The van der Waals surface area contributed by atoms with Crippen molar-refractivity contribution in [3.63, 3.8) is 0 Å². The van der Waals surface area contributed by atoms with Crippen molar-refractivity contribution in [2.45, 2.75) is 33.1 Å². The van der Waals surface area contributed by atoms with Gasteiger partial charge in [0.1, 0.15) is 5.76 Å². The summed E-state index contributed by atoms with van der Waals surface area (Å²) in [6.07, 6.45) is 4.55. The van der Waals surface area contributed by atoms with Crippen LogP contribution in [0.3, 0.4) is 0 Å². The van der Waals surface area contributed by atoms with E-state index in [-0.39, 0.29) is 24.0 Å². The zero-order chi connectivity index (χ0) is 18.2. The molecule has 0 aliphatic carbocycles. The van der Waals surface area contributed by atoms with Crippen molar-refractivity contribution in [1.29, 1.82) is 0 Å². The summed E-state index contributed by atoms with van der Waals surface area (Å²) >= 11 is 1.78. The zero-order valence-electron chi connectivity index (χ0n) is 16.0. The van der Waals surface area contributed by atoms with Crippen molar-refractivity contribution in [3.8, 4) is 0 Å². The van der Waals surface area contributed by atoms with Gasteiger partial charge in [0.25, 0.3) is 0 Å². The lowest BCUT2D eigenvalue weighted by Crippen LogP contribution is -2.39. The summed E-state index contributed by atoms with van der Waals surface area (Å²) in [5, 5.41) is 8.01. The molecule has 1 unspecified atom stereocenters. The molecular formula is C19H29IN4O2S. The Hall–Kier alpha value is -1.13. The van der Waals surface area contributed by atoms with Gasteiger partial charge in [0.05, 0.1) is 23.6 Å². The Balaban J connectivity index is 0.00000261. The summed E-state index contributed by atoms with van der Waals surface area (Å²) in [4.78, 5) is 10.6. The minimum atomic E-state index is 0. The molecule has 0 bridgehead atoms. The third-order valence-corrected chi connectivity index (χ3v) is 5.61. The van der Waals surface area contributed by atoms with Gasteiger partial charge in [0.15, 0.2) is 5.96 Å². The van der Waals surface area contributed by atoms with Crippen LogP contribution in [-0.4, -0.2) is 43.8 Å². The molecule has 3 heterocycles. The number of rotatable bonds is 8. The molecule has 0 saturated carbocycles. The highest BCUT2D eigenvalue weighted by atomic mass is 127. The molecule has 6 nitrogen and oxygen atoms in total. The largest absolute Gasteiger partial charge is 0.469 e. The standard InChI is InChI=1S/C19H28N4O2S.HI/c1-14-15(2)26-18(23-14)6-9-21-19(22-12-16-7-11-24-13-16)20-8-5-17-4-3-10-25-17;/h3-4,10,16H,5-9,11-13H2,1-2H3,(H2,20,21,22);1H. The smallest absolute Gasteiger partial charge is 0.191 e. The Morgan fingerprint density at radius 3 is 2.74 bits per heavy atom. The first kappa shape index (κ1) is 22.2. The van der Waals surface area contributed by atoms with Gasteiger partial charge in [0, 0.05) is 49.9 Å². The van der Waals surface area contributed by atoms with E-state index in [2.05, 4.69) is 29.5 Å². The van der Waals surface area contributed by atoms with Crippen LogP contribution in [0.4, 0.5) is 0 Å². The maximum atomic E-state index is 5.44. The number of ether oxygens (including phenoxy) is 1. The summed E-state index contributed by atoms with van der Waals surface area (Å²) in [6, 6.07) is 3.91. The number of nitrogens with zero attached hydrogens (tertiary/aromatic N) is 2. The first-order chi connectivity index (χ1) is 12.7. The number of furan rings is 1. The summed E-state index contributed by atoms with van der Waals surface area (Å²) in [5.41, 5.74) is 1.14. The van der Waals surface area contributed by atoms with E-state index in [0.29, 0.717) is 5.92 Å². The minimum absolute atomic E-state index is 0. The maximum absolute atomic E-state index is 5.44. The summed E-state index contributed by atoms with van der Waals surface area (Å²) in [5.74, 6) is 2.37. The van der Waals surface area contributed by atoms with Crippen LogP contribution in [0.15, 0.2) is 27.8 Å². The van der Waals surface area contributed by atoms with Crippen molar-refractivity contribution in [3.05, 3.63) is 39.7 Å². The fraction of sp³-hybridized carbons (Fsp3) is 0.579. The van der Waals surface area contributed by atoms with E-state index in [1.165, 1.54) is 9.88 Å². The van der Waals surface area contributed by atoms with E-state index < -0.39 is 0 Å². The topological polar surface area (TPSA) is 71.7 Å². The Labute approximate surface area is 182 Å². The monoisotopic (exact) mass is 504 g/mol. The number of hydrogen-bond donors (Lipinski definition) is 2. The van der Waals surface area contributed by atoms with E-state index in [0.717, 1.165) is 69.5 Å². The number of nitrogens with one attached hydrogen (secondary N) is 2. The molecule has 1 saturated heterocycles. The maximum Gasteiger partial charge on any atom is 0.191 e. The van der Waals surface area contributed by atoms with Crippen LogP contribution in [0, 0.1) is 19.8 Å². The molecule has 0 radical (unpaired) electrons. The number of halogens is 1. The molecule has 27 heavy (non-hydrogen) atoms. The average Bonchev–Trinajstić information content (AvgIpc) is 3.36. The first-order valence-electron chi connectivity index (χ1n) is 9.26. The highest BCUT2D eigenvalue weighted by Gasteiger charge is 2.15. The molecule has 3 rings (SSSR count). The number of aromatic nitrogens is 1. The molecule has 2 aromatic rings. The van der Waals surface area contributed by atoms with Gasteiger partial charge in [-0.1, -0.05) is 0 Å². The third-order valence-electron chi connectivity index (χ3n) is 4.48. The van der Waals surface area contributed by atoms with Crippen molar-refractivity contribution < 1.29 is 9.15 Å². The van der Waals surface area contributed by atoms with Crippen LogP contribution >= 0.6 is 35.3 Å². The molecule has 150 valence electrons. The predicted octanol–water partition coefficient (Wildman–Crippen LogP) is 3.33. The number of hydrogen-bond acceptors (Lipinski definition) is 5. The van der Waals surface area contributed by atoms with Gasteiger partial charge in [-0.05, 0) is 32.4 Å². The van der Waals surface area contributed by atoms with E-state index in [1.807, 2.05) is 12.1 Å². The van der Waals surface area contributed by atoms with Gasteiger partial charge >= 0.3 is 0 Å².